The van der Waals surface area contributed by atoms with E-state index >= 15 is 0 Å². The van der Waals surface area contributed by atoms with Crippen molar-refractivity contribution in [2.24, 2.45) is 0 Å². The third-order valence-corrected chi connectivity index (χ3v) is 5.08. The van der Waals surface area contributed by atoms with E-state index in [-0.39, 0.29) is 0 Å². The monoisotopic (exact) mass is 393 g/mol. The molecule has 0 unspecified atom stereocenters. The number of nitrogens with one attached hydrogen (secondary N) is 1. The van der Waals surface area contributed by atoms with Gasteiger partial charge in [-0.05, 0) is 61.1 Å². The van der Waals surface area contributed by atoms with Gasteiger partial charge in [-0.15, -0.1) is 0 Å². The lowest BCUT2D eigenvalue weighted by Crippen LogP contribution is -2.34. The largest absolute Gasteiger partial charge is 0.382 e. The summed E-state index contributed by atoms with van der Waals surface area (Å²) in [5.41, 5.74) is 3.94. The van der Waals surface area contributed by atoms with Crippen LogP contribution in [0, 0.1) is 6.92 Å². The molecule has 104 valence electrons. The van der Waals surface area contributed by atoms with Gasteiger partial charge < -0.3 is 5.32 Å². The molecule has 2 aromatic carbocycles. The van der Waals surface area contributed by atoms with Crippen LogP contribution >= 0.6 is 31.9 Å². The van der Waals surface area contributed by atoms with Crippen molar-refractivity contribution in [2.75, 3.05) is 5.32 Å². The van der Waals surface area contributed by atoms with E-state index in [4.69, 9.17) is 0 Å². The Hall–Kier alpha value is -0.800. The molecule has 0 radical (unpaired) electrons. The Morgan fingerprint density at radius 3 is 2.50 bits per heavy atom. The van der Waals surface area contributed by atoms with Crippen LogP contribution in [0.15, 0.2) is 51.4 Å². The van der Waals surface area contributed by atoms with Crippen LogP contribution in [0.2, 0.25) is 0 Å². The van der Waals surface area contributed by atoms with Gasteiger partial charge in [-0.1, -0.05) is 50.1 Å². The Morgan fingerprint density at radius 2 is 1.80 bits per heavy atom. The maximum atomic E-state index is 3.65. The molecular weight excluding hydrogens is 378 g/mol. The normalized spacial score (nSPS) is 21.4. The quantitative estimate of drug-likeness (QED) is 0.685. The van der Waals surface area contributed by atoms with Crippen molar-refractivity contribution >= 4 is 37.5 Å². The van der Waals surface area contributed by atoms with Crippen molar-refractivity contribution in [3.05, 3.63) is 62.5 Å². The average molecular weight is 395 g/mol. The van der Waals surface area contributed by atoms with Crippen LogP contribution < -0.4 is 5.32 Å². The zero-order chi connectivity index (χ0) is 14.1. The van der Waals surface area contributed by atoms with Gasteiger partial charge in [0.2, 0.25) is 0 Å². The Bertz CT molecular complexity index is 598. The molecule has 1 nitrogen and oxygen atoms in total. The van der Waals surface area contributed by atoms with Gasteiger partial charge in [0, 0.05) is 20.7 Å². The van der Waals surface area contributed by atoms with E-state index in [0.717, 1.165) is 4.47 Å². The highest BCUT2D eigenvalue weighted by atomic mass is 79.9. The summed E-state index contributed by atoms with van der Waals surface area (Å²) in [6, 6.07) is 15.6. The standard InChI is InChI=1S/C17H17Br2N/c1-11-6-13(18)10-14(7-11)20-15-8-12(9-15)16-4-2-3-5-17(16)19/h2-7,10,12,15,20H,8-9H2,1H3. The smallest absolute Gasteiger partial charge is 0.0356 e. The minimum absolute atomic E-state index is 0.584. The minimum Gasteiger partial charge on any atom is -0.382 e. The molecule has 1 N–H and O–H groups in total. The molecular formula is C17H17Br2N. The molecule has 0 amide bonds. The third kappa shape index (κ3) is 3.09. The number of rotatable bonds is 3. The van der Waals surface area contributed by atoms with Gasteiger partial charge in [0.25, 0.3) is 0 Å². The number of halogens is 2. The number of benzene rings is 2. The van der Waals surface area contributed by atoms with Crippen LogP contribution in [0.3, 0.4) is 0 Å². The summed E-state index contributed by atoms with van der Waals surface area (Å²) in [4.78, 5) is 0. The summed E-state index contributed by atoms with van der Waals surface area (Å²) in [6.45, 7) is 2.13. The van der Waals surface area contributed by atoms with Gasteiger partial charge >= 0.3 is 0 Å². The predicted octanol–water partition coefficient (Wildman–Crippen LogP) is 5.88. The van der Waals surface area contributed by atoms with Gasteiger partial charge in [-0.25, -0.2) is 0 Å². The van der Waals surface area contributed by atoms with Gasteiger partial charge in [0.05, 0.1) is 0 Å². The van der Waals surface area contributed by atoms with Crippen LogP contribution in [-0.4, -0.2) is 6.04 Å². The number of anilines is 1. The summed E-state index contributed by atoms with van der Waals surface area (Å²) < 4.78 is 2.38. The van der Waals surface area contributed by atoms with Crippen molar-refractivity contribution in [3.8, 4) is 0 Å². The summed E-state index contributed by atoms with van der Waals surface area (Å²) in [5, 5.41) is 3.63. The maximum Gasteiger partial charge on any atom is 0.0356 e. The van der Waals surface area contributed by atoms with Gasteiger partial charge in [-0.2, -0.15) is 0 Å². The predicted molar refractivity (Wildman–Crippen MR) is 92.4 cm³/mol. The molecule has 3 heteroatoms. The fraction of sp³-hybridized carbons (Fsp3) is 0.294. The molecule has 0 aromatic heterocycles. The first-order valence-electron chi connectivity index (χ1n) is 6.90. The third-order valence-electron chi connectivity index (χ3n) is 3.90. The van der Waals surface area contributed by atoms with E-state index < -0.39 is 0 Å². The molecule has 0 bridgehead atoms. The fourth-order valence-electron chi connectivity index (χ4n) is 2.85. The fourth-order valence-corrected chi connectivity index (χ4v) is 4.07. The second kappa shape index (κ2) is 5.90. The highest BCUT2D eigenvalue weighted by Gasteiger charge is 2.31. The van der Waals surface area contributed by atoms with Gasteiger partial charge in [0.1, 0.15) is 0 Å². The number of hydrogen-bond donors (Lipinski definition) is 1. The Labute approximate surface area is 137 Å². The molecule has 2 aromatic rings. The molecule has 1 aliphatic carbocycles. The van der Waals surface area contributed by atoms with Gasteiger partial charge in [-0.3, -0.25) is 0 Å². The summed E-state index contributed by atoms with van der Waals surface area (Å²) >= 11 is 7.21. The molecule has 1 fully saturated rings. The highest BCUT2D eigenvalue weighted by molar-refractivity contribution is 9.10. The highest BCUT2D eigenvalue weighted by Crippen LogP contribution is 2.41. The van der Waals surface area contributed by atoms with Crippen molar-refractivity contribution in [2.45, 2.75) is 31.7 Å². The van der Waals surface area contributed by atoms with Gasteiger partial charge in [0.15, 0.2) is 0 Å². The van der Waals surface area contributed by atoms with E-state index in [9.17, 15) is 0 Å². The second-order valence-electron chi connectivity index (χ2n) is 5.55. The minimum atomic E-state index is 0.584. The zero-order valence-corrected chi connectivity index (χ0v) is 14.5. The first kappa shape index (κ1) is 14.2. The Morgan fingerprint density at radius 1 is 1.05 bits per heavy atom. The van der Waals surface area contributed by atoms with E-state index in [1.165, 1.54) is 34.1 Å². The van der Waals surface area contributed by atoms with Crippen molar-refractivity contribution in [3.63, 3.8) is 0 Å². The lowest BCUT2D eigenvalue weighted by atomic mass is 9.76. The molecule has 0 spiro atoms. The molecule has 0 aliphatic heterocycles. The van der Waals surface area contributed by atoms with E-state index in [1.54, 1.807) is 0 Å². The Balaban J connectivity index is 1.62. The van der Waals surface area contributed by atoms with Crippen molar-refractivity contribution in [1.29, 1.82) is 0 Å². The molecule has 0 heterocycles. The first-order valence-corrected chi connectivity index (χ1v) is 8.48. The lowest BCUT2D eigenvalue weighted by Gasteiger charge is -2.37. The molecule has 1 aliphatic rings. The van der Waals surface area contributed by atoms with Crippen LogP contribution in [-0.2, 0) is 0 Å². The summed E-state index contributed by atoms with van der Waals surface area (Å²) in [7, 11) is 0. The van der Waals surface area contributed by atoms with Crippen molar-refractivity contribution in [1.82, 2.24) is 0 Å². The second-order valence-corrected chi connectivity index (χ2v) is 7.32. The van der Waals surface area contributed by atoms with Crippen LogP contribution in [0.1, 0.15) is 29.9 Å². The number of hydrogen-bond acceptors (Lipinski definition) is 1. The van der Waals surface area contributed by atoms with E-state index in [1.807, 2.05) is 0 Å². The van der Waals surface area contributed by atoms with Crippen molar-refractivity contribution < 1.29 is 0 Å². The lowest BCUT2D eigenvalue weighted by molar-refractivity contribution is 0.373. The molecule has 1 saturated carbocycles. The SMILES string of the molecule is Cc1cc(Br)cc(NC2CC(c3ccccc3Br)C2)c1. The maximum absolute atomic E-state index is 3.65. The molecule has 20 heavy (non-hydrogen) atoms. The van der Waals surface area contributed by atoms with E-state index in [0.29, 0.717) is 12.0 Å². The summed E-state index contributed by atoms with van der Waals surface area (Å²) in [6.07, 6.45) is 2.41. The Kier molecular flexibility index (Phi) is 4.18. The molecule has 0 saturated heterocycles. The zero-order valence-electron chi connectivity index (χ0n) is 11.4. The van der Waals surface area contributed by atoms with E-state index in [2.05, 4.69) is 86.6 Å². The van der Waals surface area contributed by atoms with Crippen LogP contribution in [0.4, 0.5) is 5.69 Å². The summed E-state index contributed by atoms with van der Waals surface area (Å²) in [5.74, 6) is 0.677. The molecule has 0 atom stereocenters. The topological polar surface area (TPSA) is 12.0 Å². The first-order chi connectivity index (χ1) is 9.61. The van der Waals surface area contributed by atoms with Crippen LogP contribution in [0.25, 0.3) is 0 Å². The average Bonchev–Trinajstić information content (AvgIpc) is 2.33. The molecule has 3 rings (SSSR count). The van der Waals surface area contributed by atoms with Crippen LogP contribution in [0.5, 0.6) is 0 Å². The number of aryl methyl sites for hydroxylation is 1.